The van der Waals surface area contributed by atoms with Crippen LogP contribution in [0.4, 0.5) is 0 Å². The van der Waals surface area contributed by atoms with Gasteiger partial charge in [-0.15, -0.1) is 0 Å². The molecule has 0 aliphatic heterocycles. The molecule has 120 valence electrons. The third-order valence-corrected chi connectivity index (χ3v) is 3.88. The van der Waals surface area contributed by atoms with Gasteiger partial charge in [-0.3, -0.25) is 0 Å². The SMILES string of the molecule is O=S(=O)([O-])c1cccc(O)c1.O=S(=O)([O-])c1cccc(O)c1.[Na+].[Na+]. The maximum absolute atomic E-state index is 10.3. The molecule has 0 aromatic heterocycles. The second-order valence-electron chi connectivity index (χ2n) is 3.90. The predicted molar refractivity (Wildman–Crippen MR) is 72.1 cm³/mol. The van der Waals surface area contributed by atoms with Gasteiger partial charge in [-0.05, 0) is 36.4 Å². The Bertz CT molecular complexity index is 793. The molecule has 2 aromatic rings. The van der Waals surface area contributed by atoms with Crippen molar-refractivity contribution in [1.29, 1.82) is 0 Å². The van der Waals surface area contributed by atoms with Crippen LogP contribution in [0.25, 0.3) is 0 Å². The number of phenols is 2. The van der Waals surface area contributed by atoms with Crippen LogP contribution in [0.3, 0.4) is 0 Å². The molecule has 0 saturated carbocycles. The zero-order valence-electron chi connectivity index (χ0n) is 12.8. The quantitative estimate of drug-likeness (QED) is 0.379. The summed E-state index contributed by atoms with van der Waals surface area (Å²) in [4.78, 5) is -0.838. The van der Waals surface area contributed by atoms with Gasteiger partial charge in [-0.25, -0.2) is 16.8 Å². The van der Waals surface area contributed by atoms with Crippen molar-refractivity contribution in [3.8, 4) is 11.5 Å². The van der Waals surface area contributed by atoms with Crippen LogP contribution in [0.15, 0.2) is 58.3 Å². The van der Waals surface area contributed by atoms with E-state index < -0.39 is 30.0 Å². The Hall–Kier alpha value is -0.140. The minimum Gasteiger partial charge on any atom is -0.744 e. The Labute approximate surface area is 183 Å². The van der Waals surface area contributed by atoms with Crippen LogP contribution in [0, 0.1) is 0 Å². The Morgan fingerprint density at radius 3 is 1.12 bits per heavy atom. The largest absolute Gasteiger partial charge is 1.00 e. The van der Waals surface area contributed by atoms with Crippen molar-refractivity contribution in [1.82, 2.24) is 0 Å². The number of phenolic OH excluding ortho intramolecular Hbond substituents is 2. The van der Waals surface area contributed by atoms with Crippen molar-refractivity contribution in [2.45, 2.75) is 9.79 Å². The Kier molecular flexibility index (Phi) is 11.7. The van der Waals surface area contributed by atoms with E-state index in [1.165, 1.54) is 24.3 Å². The molecule has 0 saturated heterocycles. The topological polar surface area (TPSA) is 155 Å². The van der Waals surface area contributed by atoms with E-state index in [9.17, 15) is 25.9 Å². The summed E-state index contributed by atoms with van der Waals surface area (Å²) in [5.41, 5.74) is 0. The molecule has 2 aromatic carbocycles. The first-order chi connectivity index (χ1) is 10.00. The summed E-state index contributed by atoms with van der Waals surface area (Å²) in [6, 6.07) is 9.22. The van der Waals surface area contributed by atoms with Gasteiger partial charge in [0.25, 0.3) is 0 Å². The fourth-order valence-corrected chi connectivity index (χ4v) is 2.30. The monoisotopic (exact) mass is 392 g/mol. The standard InChI is InChI=1S/2C6H6O4S.2Na/c2*7-5-2-1-3-6(4-5)11(8,9)10;;/h2*1-4,7H,(H,8,9,10);;/q;;2*+1/p-2. The molecule has 2 N–H and O–H groups in total. The van der Waals surface area contributed by atoms with Gasteiger partial charge in [-0.1, -0.05) is 12.1 Å². The summed E-state index contributed by atoms with van der Waals surface area (Å²) in [5.74, 6) is -0.469. The first-order valence-corrected chi connectivity index (χ1v) is 8.31. The molecular weight excluding hydrogens is 382 g/mol. The van der Waals surface area contributed by atoms with Gasteiger partial charge in [0.2, 0.25) is 0 Å². The first-order valence-electron chi connectivity index (χ1n) is 5.50. The molecule has 0 heterocycles. The average Bonchev–Trinajstić information content (AvgIpc) is 2.37. The summed E-state index contributed by atoms with van der Waals surface area (Å²) in [5, 5.41) is 17.5. The fraction of sp³-hybridized carbons (Fsp3) is 0. The van der Waals surface area contributed by atoms with Crippen LogP contribution < -0.4 is 59.1 Å². The molecule has 0 spiro atoms. The van der Waals surface area contributed by atoms with E-state index in [1.54, 1.807) is 0 Å². The Morgan fingerprint density at radius 2 is 0.958 bits per heavy atom. The number of hydrogen-bond donors (Lipinski definition) is 2. The van der Waals surface area contributed by atoms with Gasteiger partial charge >= 0.3 is 59.1 Å². The molecule has 12 heteroatoms. The van der Waals surface area contributed by atoms with E-state index in [1.807, 2.05) is 0 Å². The predicted octanol–water partition coefficient (Wildman–Crippen LogP) is -5.40. The number of benzene rings is 2. The first kappa shape index (κ1) is 26.1. The molecule has 8 nitrogen and oxygen atoms in total. The van der Waals surface area contributed by atoms with E-state index in [2.05, 4.69) is 0 Å². The van der Waals surface area contributed by atoms with E-state index in [0.29, 0.717) is 0 Å². The number of hydrogen-bond acceptors (Lipinski definition) is 8. The Balaban J connectivity index is 0. The van der Waals surface area contributed by atoms with Gasteiger partial charge in [0.05, 0.1) is 9.79 Å². The van der Waals surface area contributed by atoms with Gasteiger partial charge in [-0.2, -0.15) is 0 Å². The summed E-state index contributed by atoms with van der Waals surface area (Å²) in [6.45, 7) is 0. The third kappa shape index (κ3) is 9.37. The molecular formula is C12H10Na2O8S2. The summed E-state index contributed by atoms with van der Waals surface area (Å²) in [6.07, 6.45) is 0. The van der Waals surface area contributed by atoms with Crippen molar-refractivity contribution in [2.75, 3.05) is 0 Å². The second kappa shape index (κ2) is 10.8. The van der Waals surface area contributed by atoms with E-state index in [0.717, 1.165) is 24.3 Å². The number of aromatic hydroxyl groups is 2. The van der Waals surface area contributed by atoms with Crippen LogP contribution >= 0.6 is 0 Å². The second-order valence-corrected chi connectivity index (χ2v) is 6.66. The molecule has 0 amide bonds. The number of rotatable bonds is 2. The Morgan fingerprint density at radius 1 is 0.667 bits per heavy atom. The minimum absolute atomic E-state index is 0. The normalized spacial score (nSPS) is 10.4. The molecule has 0 bridgehead atoms. The summed E-state index contributed by atoms with van der Waals surface area (Å²) in [7, 11) is -8.87. The molecule has 0 aliphatic carbocycles. The van der Waals surface area contributed by atoms with Crippen molar-refractivity contribution in [2.24, 2.45) is 0 Å². The smallest absolute Gasteiger partial charge is 0.744 e. The van der Waals surface area contributed by atoms with Gasteiger partial charge < -0.3 is 19.3 Å². The van der Waals surface area contributed by atoms with E-state index in [4.69, 9.17) is 10.2 Å². The molecule has 0 unspecified atom stereocenters. The van der Waals surface area contributed by atoms with Crippen LogP contribution in [-0.2, 0) is 20.2 Å². The van der Waals surface area contributed by atoms with E-state index in [-0.39, 0.29) is 70.6 Å². The third-order valence-electron chi connectivity index (χ3n) is 2.21. The summed E-state index contributed by atoms with van der Waals surface area (Å²) >= 11 is 0. The zero-order chi connectivity index (χ0) is 17.0. The molecule has 0 aliphatic rings. The van der Waals surface area contributed by atoms with Crippen LogP contribution in [-0.4, -0.2) is 36.2 Å². The van der Waals surface area contributed by atoms with Crippen molar-refractivity contribution < 1.29 is 95.3 Å². The fourth-order valence-electron chi connectivity index (χ4n) is 1.28. The molecule has 24 heavy (non-hydrogen) atoms. The molecule has 0 atom stereocenters. The van der Waals surface area contributed by atoms with Gasteiger partial charge in [0, 0.05) is 0 Å². The van der Waals surface area contributed by atoms with Crippen molar-refractivity contribution in [3.63, 3.8) is 0 Å². The minimum atomic E-state index is -4.44. The van der Waals surface area contributed by atoms with Gasteiger partial charge in [0.1, 0.15) is 31.7 Å². The van der Waals surface area contributed by atoms with E-state index >= 15 is 0 Å². The van der Waals surface area contributed by atoms with Gasteiger partial charge in [0.15, 0.2) is 0 Å². The van der Waals surface area contributed by atoms with Crippen LogP contribution in [0.2, 0.25) is 0 Å². The van der Waals surface area contributed by atoms with Crippen LogP contribution in [0.5, 0.6) is 11.5 Å². The average molecular weight is 392 g/mol. The maximum atomic E-state index is 10.3. The van der Waals surface area contributed by atoms with Crippen molar-refractivity contribution >= 4 is 20.2 Å². The van der Waals surface area contributed by atoms with Crippen molar-refractivity contribution in [3.05, 3.63) is 48.5 Å². The zero-order valence-corrected chi connectivity index (χ0v) is 18.4. The van der Waals surface area contributed by atoms with Crippen LogP contribution in [0.1, 0.15) is 0 Å². The summed E-state index contributed by atoms with van der Waals surface area (Å²) < 4.78 is 61.9. The molecule has 0 radical (unpaired) electrons. The molecule has 2 rings (SSSR count). The maximum Gasteiger partial charge on any atom is 1.00 e. The molecule has 0 fully saturated rings.